The second-order valence-electron chi connectivity index (χ2n) is 15.7. The number of aromatic nitrogens is 2. The second-order valence-corrected chi connectivity index (χ2v) is 20.1. The molecule has 53 heavy (non-hydrogen) atoms. The Morgan fingerprint density at radius 3 is 2.00 bits per heavy atom. The molecule has 0 aliphatic carbocycles. The first-order chi connectivity index (χ1) is 25.7. The lowest BCUT2D eigenvalue weighted by Crippen LogP contribution is -2.53. The molecule has 0 bridgehead atoms. The van der Waals surface area contributed by atoms with Crippen molar-refractivity contribution in [1.29, 1.82) is 0 Å². The molecule has 0 spiro atoms. The fourth-order valence-electron chi connectivity index (χ4n) is 8.16. The molecule has 260 valence electrons. The van der Waals surface area contributed by atoms with Crippen molar-refractivity contribution >= 4 is 57.3 Å². The molecule has 9 rings (SSSR count). The number of benzene rings is 6. The van der Waals surface area contributed by atoms with Crippen LogP contribution in [0, 0.1) is 0 Å². The molecule has 0 unspecified atom stereocenters. The van der Waals surface area contributed by atoms with Crippen molar-refractivity contribution in [2.24, 2.45) is 0 Å². The quantitative estimate of drug-likeness (QED) is 0.161. The second kappa shape index (κ2) is 12.6. The summed E-state index contributed by atoms with van der Waals surface area (Å²) in [5, 5.41) is 5.30. The summed E-state index contributed by atoms with van der Waals surface area (Å²) in [7, 11) is -2.16. The normalized spacial score (nSPS) is 13.2. The van der Waals surface area contributed by atoms with E-state index in [0.717, 1.165) is 18.1 Å². The lowest BCUT2D eigenvalue weighted by Gasteiger charge is -2.34. The zero-order valence-electron chi connectivity index (χ0n) is 31.1. The van der Waals surface area contributed by atoms with Gasteiger partial charge < -0.3 is 9.80 Å². The number of para-hydroxylation sites is 3. The van der Waals surface area contributed by atoms with E-state index in [4.69, 9.17) is 4.98 Å². The van der Waals surface area contributed by atoms with Gasteiger partial charge in [-0.1, -0.05) is 133 Å². The van der Waals surface area contributed by atoms with Gasteiger partial charge in [0, 0.05) is 28.2 Å². The third kappa shape index (κ3) is 5.63. The predicted molar refractivity (Wildman–Crippen MR) is 228 cm³/mol. The van der Waals surface area contributed by atoms with E-state index in [1.807, 2.05) is 6.20 Å². The summed E-state index contributed by atoms with van der Waals surface area (Å²) in [6, 6.07) is 57.7. The molecule has 4 nitrogen and oxygen atoms in total. The average molecular weight is 705 g/mol. The first-order valence-corrected chi connectivity index (χ1v) is 21.6. The van der Waals surface area contributed by atoms with Crippen LogP contribution in [0.25, 0.3) is 49.9 Å². The van der Waals surface area contributed by atoms with E-state index in [1.54, 1.807) is 0 Å². The Hall–Kier alpha value is -5.91. The molecule has 1 aliphatic heterocycles. The molecule has 0 fully saturated rings. The van der Waals surface area contributed by atoms with E-state index in [2.05, 4.69) is 206 Å². The number of nitrogens with zero attached hydrogens (tertiary/aromatic N) is 4. The fourth-order valence-corrected chi connectivity index (χ4v) is 10.5. The van der Waals surface area contributed by atoms with Crippen LogP contribution >= 0.6 is 0 Å². The van der Waals surface area contributed by atoms with Crippen molar-refractivity contribution in [2.45, 2.75) is 39.4 Å². The smallest absolute Gasteiger partial charge is 0.138 e. The molecule has 0 saturated carbocycles. The third-order valence-electron chi connectivity index (χ3n) is 11.1. The van der Waals surface area contributed by atoms with Crippen LogP contribution in [-0.4, -0.2) is 29.8 Å². The molecular formula is C48H44N4Si. The number of anilines is 3. The minimum Gasteiger partial charge on any atom is -0.347 e. The maximum Gasteiger partial charge on any atom is 0.138 e. The van der Waals surface area contributed by atoms with Crippen LogP contribution in [0.2, 0.25) is 13.1 Å². The highest BCUT2D eigenvalue weighted by Gasteiger charge is 2.34. The highest BCUT2D eigenvalue weighted by atomic mass is 28.3. The Bertz CT molecular complexity index is 2630. The minimum atomic E-state index is -2.16. The van der Waals surface area contributed by atoms with Gasteiger partial charge in [-0.05, 0) is 91.6 Å². The molecule has 1 aliphatic rings. The van der Waals surface area contributed by atoms with Crippen molar-refractivity contribution in [3.63, 3.8) is 0 Å². The summed E-state index contributed by atoms with van der Waals surface area (Å²) in [6.45, 7) is 12.7. The lowest BCUT2D eigenvalue weighted by molar-refractivity contribution is 0.518. The van der Waals surface area contributed by atoms with Gasteiger partial charge in [-0.3, -0.25) is 4.57 Å². The molecule has 0 radical (unpaired) electrons. The van der Waals surface area contributed by atoms with Gasteiger partial charge in [-0.2, -0.15) is 0 Å². The van der Waals surface area contributed by atoms with Crippen molar-refractivity contribution in [1.82, 2.24) is 9.55 Å². The molecule has 0 amide bonds. The predicted octanol–water partition coefficient (Wildman–Crippen LogP) is 11.0. The lowest BCUT2D eigenvalue weighted by atomic mass is 9.95. The van der Waals surface area contributed by atoms with Gasteiger partial charge in [0.05, 0.1) is 29.1 Å². The monoisotopic (exact) mass is 704 g/mol. The van der Waals surface area contributed by atoms with Crippen LogP contribution in [0.4, 0.5) is 17.1 Å². The van der Waals surface area contributed by atoms with E-state index >= 15 is 0 Å². The highest BCUT2D eigenvalue weighted by Crippen LogP contribution is 2.43. The van der Waals surface area contributed by atoms with E-state index < -0.39 is 8.07 Å². The Morgan fingerprint density at radius 2 is 1.21 bits per heavy atom. The van der Waals surface area contributed by atoms with Crippen LogP contribution in [0.5, 0.6) is 0 Å². The van der Waals surface area contributed by atoms with E-state index in [-0.39, 0.29) is 5.54 Å². The van der Waals surface area contributed by atoms with Crippen LogP contribution in [0.15, 0.2) is 164 Å². The van der Waals surface area contributed by atoms with Gasteiger partial charge >= 0.3 is 0 Å². The van der Waals surface area contributed by atoms with Gasteiger partial charge in [-0.15, -0.1) is 0 Å². The molecule has 3 heterocycles. The number of hydrogen-bond donors (Lipinski definition) is 0. The molecule has 2 aromatic heterocycles. The Kier molecular flexibility index (Phi) is 7.86. The maximum absolute atomic E-state index is 5.02. The van der Waals surface area contributed by atoms with Crippen LogP contribution < -0.4 is 20.2 Å². The average Bonchev–Trinajstić information content (AvgIpc) is 3.75. The summed E-state index contributed by atoms with van der Waals surface area (Å²) in [5.74, 6) is 0.922. The van der Waals surface area contributed by atoms with Crippen molar-refractivity contribution in [3.05, 3.63) is 164 Å². The van der Waals surface area contributed by atoms with Gasteiger partial charge in [0.2, 0.25) is 0 Å². The van der Waals surface area contributed by atoms with Crippen molar-refractivity contribution in [3.8, 4) is 28.1 Å². The zero-order valence-corrected chi connectivity index (χ0v) is 32.1. The maximum atomic E-state index is 5.02. The standard InChI is InChI=1S/C48H44N4Si/c1-48(2,3)51-33-50(44-24-13-14-25-45(44)51)36-18-15-19-37(31-36)53(4,5)38-26-27-42-41-22-11-12-23-43(41)52(46(42)32-38)47-30-35(28-29-49-47)40-21-10-9-20-39(40)34-16-7-6-8-17-34/h6-32H,33H2,1-5H3. The SMILES string of the molecule is CC(C)(C)N1CN(c2cccc([Si](C)(C)c3ccc4c5ccccc5n(-c5cc(-c6ccccc6-c6ccccc6)ccn5)c4c3)c2)c2ccccc21. The largest absolute Gasteiger partial charge is 0.347 e. The molecule has 8 aromatic rings. The van der Waals surface area contributed by atoms with Crippen LogP contribution in [-0.2, 0) is 0 Å². The van der Waals surface area contributed by atoms with E-state index in [0.29, 0.717) is 0 Å². The van der Waals surface area contributed by atoms with E-state index in [1.165, 1.54) is 65.9 Å². The summed E-state index contributed by atoms with van der Waals surface area (Å²) in [6.07, 6.45) is 1.96. The van der Waals surface area contributed by atoms with Gasteiger partial charge in [-0.25, -0.2) is 4.98 Å². The van der Waals surface area contributed by atoms with Gasteiger partial charge in [0.25, 0.3) is 0 Å². The number of rotatable bonds is 6. The zero-order chi connectivity index (χ0) is 36.3. The molecule has 0 N–H and O–H groups in total. The minimum absolute atomic E-state index is 0.0179. The first kappa shape index (κ1) is 33.0. The molecule has 0 atom stereocenters. The number of fused-ring (bicyclic) bond motifs is 4. The van der Waals surface area contributed by atoms with E-state index in [9.17, 15) is 0 Å². The Morgan fingerprint density at radius 1 is 0.547 bits per heavy atom. The fraction of sp³-hybridized carbons (Fsp3) is 0.146. The van der Waals surface area contributed by atoms with Gasteiger partial charge in [0.15, 0.2) is 0 Å². The first-order valence-electron chi connectivity index (χ1n) is 18.6. The molecule has 5 heteroatoms. The van der Waals surface area contributed by atoms with Gasteiger partial charge in [0.1, 0.15) is 13.9 Å². The topological polar surface area (TPSA) is 24.3 Å². The van der Waals surface area contributed by atoms with Crippen LogP contribution in [0.3, 0.4) is 0 Å². The number of hydrogen-bond acceptors (Lipinski definition) is 3. The Labute approximate surface area is 313 Å². The third-order valence-corrected chi connectivity index (χ3v) is 14.6. The summed E-state index contributed by atoms with van der Waals surface area (Å²) in [4.78, 5) is 10.0. The van der Waals surface area contributed by atoms with Crippen LogP contribution in [0.1, 0.15) is 20.8 Å². The molecule has 0 saturated heterocycles. The Balaban J connectivity index is 1.14. The molecule has 6 aromatic carbocycles. The summed E-state index contributed by atoms with van der Waals surface area (Å²) < 4.78 is 2.37. The number of pyridine rings is 1. The van der Waals surface area contributed by atoms with Crippen molar-refractivity contribution < 1.29 is 0 Å². The van der Waals surface area contributed by atoms with Crippen molar-refractivity contribution in [2.75, 3.05) is 16.5 Å². The highest BCUT2D eigenvalue weighted by molar-refractivity contribution is 7.00. The summed E-state index contributed by atoms with van der Waals surface area (Å²) in [5.41, 5.74) is 11.0. The summed E-state index contributed by atoms with van der Waals surface area (Å²) >= 11 is 0. The molecular weight excluding hydrogens is 661 g/mol.